The first-order chi connectivity index (χ1) is 15.1. The monoisotopic (exact) mass is 447 g/mol. The van der Waals surface area contributed by atoms with Crippen LogP contribution in [0.25, 0.3) is 0 Å². The standard InChI is InChI=1S/C21H20F3N5O3/c22-21(23,24)9-17(30)18(31)12-5-7-14(8-6-12)27-20-15(19(26)32)11-29(28-20)16-4-2-1-3-13(16)10-25/h5-8,11,13,16H,1-4,9H2,(H2,26,32)(H,27,28). The van der Waals surface area contributed by atoms with Crippen molar-refractivity contribution in [3.63, 3.8) is 0 Å². The molecule has 0 aliphatic heterocycles. The van der Waals surface area contributed by atoms with E-state index >= 15 is 0 Å². The van der Waals surface area contributed by atoms with Gasteiger partial charge >= 0.3 is 6.18 Å². The summed E-state index contributed by atoms with van der Waals surface area (Å²) in [6.07, 6.45) is -1.76. The van der Waals surface area contributed by atoms with E-state index in [-0.39, 0.29) is 28.9 Å². The maximum Gasteiger partial charge on any atom is 0.396 e. The maximum absolute atomic E-state index is 12.3. The Hall–Kier alpha value is -3.68. The summed E-state index contributed by atoms with van der Waals surface area (Å²) in [7, 11) is 0. The summed E-state index contributed by atoms with van der Waals surface area (Å²) >= 11 is 0. The fraction of sp³-hybridized carbons (Fsp3) is 0.381. The van der Waals surface area contributed by atoms with Crippen LogP contribution in [0.3, 0.4) is 0 Å². The van der Waals surface area contributed by atoms with Gasteiger partial charge in [0, 0.05) is 17.4 Å². The second-order valence-electron chi connectivity index (χ2n) is 7.57. The van der Waals surface area contributed by atoms with Crippen LogP contribution in [0, 0.1) is 17.2 Å². The number of amides is 1. The van der Waals surface area contributed by atoms with Crippen molar-refractivity contribution < 1.29 is 27.6 Å². The van der Waals surface area contributed by atoms with Crippen LogP contribution in [0.1, 0.15) is 58.9 Å². The third-order valence-corrected chi connectivity index (χ3v) is 5.26. The van der Waals surface area contributed by atoms with Crippen LogP contribution in [-0.2, 0) is 4.79 Å². The van der Waals surface area contributed by atoms with Gasteiger partial charge in [0.1, 0.15) is 12.0 Å². The fourth-order valence-corrected chi connectivity index (χ4v) is 3.68. The lowest BCUT2D eigenvalue weighted by molar-refractivity contribution is -0.149. The number of nitriles is 1. The Morgan fingerprint density at radius 2 is 1.84 bits per heavy atom. The van der Waals surface area contributed by atoms with Crippen LogP contribution < -0.4 is 11.1 Å². The first-order valence-corrected chi connectivity index (χ1v) is 9.89. The number of ketones is 2. The number of carbonyl (C=O) groups is 3. The molecule has 2 atom stereocenters. The van der Waals surface area contributed by atoms with Gasteiger partial charge in [0.25, 0.3) is 5.91 Å². The molecule has 1 amide bonds. The third-order valence-electron chi connectivity index (χ3n) is 5.26. The number of primary amides is 1. The van der Waals surface area contributed by atoms with Gasteiger partial charge in [-0.25, -0.2) is 0 Å². The third kappa shape index (κ3) is 5.32. The number of nitrogens with two attached hydrogens (primary N) is 1. The topological polar surface area (TPSA) is 131 Å². The van der Waals surface area contributed by atoms with Crippen LogP contribution in [0.15, 0.2) is 30.5 Å². The summed E-state index contributed by atoms with van der Waals surface area (Å²) in [4.78, 5) is 35.3. The molecular weight excluding hydrogens is 427 g/mol. The highest BCUT2D eigenvalue weighted by Gasteiger charge is 2.34. The molecule has 2 aromatic rings. The van der Waals surface area contributed by atoms with Crippen molar-refractivity contribution in [2.45, 2.75) is 44.3 Å². The number of Topliss-reactive ketones (excluding diaryl/α,β-unsaturated/α-hetero) is 2. The molecule has 1 aromatic heterocycles. The second-order valence-corrected chi connectivity index (χ2v) is 7.57. The Kier molecular flexibility index (Phi) is 6.62. The number of carbonyl (C=O) groups excluding carboxylic acids is 3. The van der Waals surface area contributed by atoms with Gasteiger partial charge in [0.05, 0.1) is 18.0 Å². The van der Waals surface area contributed by atoms with E-state index in [0.717, 1.165) is 25.7 Å². The first-order valence-electron chi connectivity index (χ1n) is 9.89. The predicted molar refractivity (Wildman–Crippen MR) is 107 cm³/mol. The number of benzene rings is 1. The van der Waals surface area contributed by atoms with E-state index in [1.165, 1.54) is 30.5 Å². The van der Waals surface area contributed by atoms with Crippen molar-refractivity contribution in [2.75, 3.05) is 5.32 Å². The fourth-order valence-electron chi connectivity index (χ4n) is 3.68. The SMILES string of the molecule is N#CC1CCCCC1n1cc(C(N)=O)c(Nc2ccc(C(=O)C(=O)CC(F)(F)F)cc2)n1. The molecule has 1 aliphatic rings. The van der Waals surface area contributed by atoms with E-state index in [4.69, 9.17) is 5.73 Å². The number of halogens is 3. The molecule has 1 heterocycles. The van der Waals surface area contributed by atoms with E-state index in [9.17, 15) is 32.8 Å². The van der Waals surface area contributed by atoms with E-state index in [1.54, 1.807) is 4.68 Å². The molecule has 0 radical (unpaired) electrons. The van der Waals surface area contributed by atoms with E-state index in [0.29, 0.717) is 5.69 Å². The number of rotatable bonds is 7. The Labute approximate surface area is 181 Å². The Balaban J connectivity index is 1.79. The lowest BCUT2D eigenvalue weighted by Crippen LogP contribution is -2.22. The summed E-state index contributed by atoms with van der Waals surface area (Å²) in [5.74, 6) is -3.61. The van der Waals surface area contributed by atoms with Crippen molar-refractivity contribution in [2.24, 2.45) is 11.7 Å². The zero-order valence-corrected chi connectivity index (χ0v) is 16.9. The largest absolute Gasteiger partial charge is 0.396 e. The zero-order chi connectivity index (χ0) is 23.5. The number of hydrogen-bond donors (Lipinski definition) is 2. The van der Waals surface area contributed by atoms with Crippen molar-refractivity contribution in [3.8, 4) is 6.07 Å². The van der Waals surface area contributed by atoms with Crippen molar-refractivity contribution in [3.05, 3.63) is 41.6 Å². The quantitative estimate of drug-likeness (QED) is 0.492. The highest BCUT2D eigenvalue weighted by atomic mass is 19.4. The molecule has 168 valence electrons. The minimum atomic E-state index is -4.76. The lowest BCUT2D eigenvalue weighted by Gasteiger charge is -2.26. The minimum absolute atomic E-state index is 0.104. The van der Waals surface area contributed by atoms with Gasteiger partial charge < -0.3 is 11.1 Å². The second kappa shape index (κ2) is 9.21. The van der Waals surface area contributed by atoms with Crippen LogP contribution in [0.2, 0.25) is 0 Å². The van der Waals surface area contributed by atoms with E-state index in [1.807, 2.05) is 0 Å². The molecule has 1 aromatic carbocycles. The molecule has 1 fully saturated rings. The molecule has 2 unspecified atom stereocenters. The molecule has 3 rings (SSSR count). The average Bonchev–Trinajstić information content (AvgIpc) is 3.16. The summed E-state index contributed by atoms with van der Waals surface area (Å²) in [6.45, 7) is 0. The molecule has 32 heavy (non-hydrogen) atoms. The number of hydrogen-bond acceptors (Lipinski definition) is 6. The van der Waals surface area contributed by atoms with Crippen molar-refractivity contribution in [1.29, 1.82) is 5.26 Å². The first kappa shape index (κ1) is 23.0. The number of nitrogens with one attached hydrogen (secondary N) is 1. The van der Waals surface area contributed by atoms with E-state index < -0.39 is 30.1 Å². The highest BCUT2D eigenvalue weighted by Crippen LogP contribution is 2.34. The van der Waals surface area contributed by atoms with Gasteiger partial charge in [-0.1, -0.05) is 12.8 Å². The number of anilines is 2. The number of nitrogens with zero attached hydrogens (tertiary/aromatic N) is 3. The van der Waals surface area contributed by atoms with Crippen molar-refractivity contribution >= 4 is 29.0 Å². The van der Waals surface area contributed by atoms with Gasteiger partial charge in [-0.15, -0.1) is 0 Å². The van der Waals surface area contributed by atoms with Gasteiger partial charge in [-0.2, -0.15) is 23.5 Å². The van der Waals surface area contributed by atoms with Crippen LogP contribution >= 0.6 is 0 Å². The molecule has 3 N–H and O–H groups in total. The van der Waals surface area contributed by atoms with Gasteiger partial charge in [0.15, 0.2) is 5.82 Å². The normalized spacial score (nSPS) is 18.6. The Bertz CT molecular complexity index is 1070. The maximum atomic E-state index is 12.3. The molecule has 11 heteroatoms. The van der Waals surface area contributed by atoms with Crippen molar-refractivity contribution in [1.82, 2.24) is 9.78 Å². The zero-order valence-electron chi connectivity index (χ0n) is 16.9. The van der Waals surface area contributed by atoms with Gasteiger partial charge in [-0.05, 0) is 37.1 Å². The number of aromatic nitrogens is 2. The Morgan fingerprint density at radius 1 is 1.19 bits per heavy atom. The molecule has 0 spiro atoms. The smallest absolute Gasteiger partial charge is 0.365 e. The van der Waals surface area contributed by atoms with Crippen LogP contribution in [-0.4, -0.2) is 33.4 Å². The van der Waals surface area contributed by atoms with E-state index in [2.05, 4.69) is 16.5 Å². The van der Waals surface area contributed by atoms with Crippen LogP contribution in [0.5, 0.6) is 0 Å². The van der Waals surface area contributed by atoms with Gasteiger partial charge in [0.2, 0.25) is 11.6 Å². The highest BCUT2D eigenvalue weighted by molar-refractivity contribution is 6.43. The summed E-state index contributed by atoms with van der Waals surface area (Å²) in [5, 5.41) is 16.7. The lowest BCUT2D eigenvalue weighted by atomic mass is 9.85. The van der Waals surface area contributed by atoms with Gasteiger partial charge in [-0.3, -0.25) is 19.1 Å². The predicted octanol–water partition coefficient (Wildman–Crippen LogP) is 3.68. The molecule has 0 saturated heterocycles. The molecule has 0 bridgehead atoms. The van der Waals surface area contributed by atoms with Crippen LogP contribution in [0.4, 0.5) is 24.7 Å². The molecule has 8 nitrogen and oxygen atoms in total. The minimum Gasteiger partial charge on any atom is -0.365 e. The molecule has 1 saturated carbocycles. The summed E-state index contributed by atoms with van der Waals surface area (Å²) < 4.78 is 38.5. The molecule has 1 aliphatic carbocycles. The summed E-state index contributed by atoms with van der Waals surface area (Å²) in [5.41, 5.74) is 5.74. The molecular formula is C21H20F3N5O3. The Morgan fingerprint density at radius 3 is 2.44 bits per heavy atom. The average molecular weight is 447 g/mol. The summed E-state index contributed by atoms with van der Waals surface area (Å²) in [6, 6.07) is 7.23. The number of alkyl halides is 3.